The van der Waals surface area contributed by atoms with Crippen LogP contribution in [0, 0.1) is 0 Å². The number of aromatic amines is 1. The molecule has 7 heterocycles. The second-order valence-corrected chi connectivity index (χ2v) is 13.1. The molecule has 0 saturated heterocycles. The zero-order chi connectivity index (χ0) is 33.6. The van der Waals surface area contributed by atoms with E-state index in [4.69, 9.17) is 9.72 Å². The topological polar surface area (TPSA) is 154 Å². The molecule has 2 atom stereocenters. The van der Waals surface area contributed by atoms with E-state index < -0.39 is 12.1 Å². The lowest BCUT2D eigenvalue weighted by Gasteiger charge is -2.09. The van der Waals surface area contributed by atoms with Crippen LogP contribution in [0.1, 0.15) is 118 Å². The van der Waals surface area contributed by atoms with Crippen LogP contribution < -0.4 is 0 Å². The molecule has 2 saturated carbocycles. The van der Waals surface area contributed by atoms with E-state index in [0.717, 1.165) is 41.6 Å². The summed E-state index contributed by atoms with van der Waals surface area (Å²) in [6.45, 7) is 0. The number of hydrogen-bond acceptors (Lipinski definition) is 9. The summed E-state index contributed by atoms with van der Waals surface area (Å²) in [4.78, 5) is 43.8. The van der Waals surface area contributed by atoms with Gasteiger partial charge in [0.1, 0.15) is 28.6 Å². The third kappa shape index (κ3) is 6.33. The van der Waals surface area contributed by atoms with Crippen molar-refractivity contribution in [1.82, 2.24) is 38.3 Å². The lowest BCUT2D eigenvalue weighted by atomic mass is 10.1. The van der Waals surface area contributed by atoms with Gasteiger partial charge in [-0.05, 0) is 73.6 Å². The summed E-state index contributed by atoms with van der Waals surface area (Å²) < 4.78 is 15.6. The number of aliphatic hydroxyl groups is 1. The SMILES string of the molecule is COC(=O)c1cn2c(n1)CCC2c1cn2cc(C3CC3)ccc2n1.COC(=O)c1cnc(CCC(O)c2cn3cc(C4CC4)ccc3n2)[nH]1. The fourth-order valence-electron chi connectivity index (χ4n) is 6.60. The second kappa shape index (κ2) is 12.6. The molecule has 0 bridgehead atoms. The number of nitrogens with one attached hydrogen (secondary N) is 1. The Balaban J connectivity index is 0.000000142. The summed E-state index contributed by atoms with van der Waals surface area (Å²) in [6.07, 6.45) is 18.7. The van der Waals surface area contributed by atoms with Gasteiger partial charge in [0.05, 0.1) is 44.0 Å². The molecule has 2 N–H and O–H groups in total. The van der Waals surface area contributed by atoms with Gasteiger partial charge in [-0.2, -0.15) is 0 Å². The summed E-state index contributed by atoms with van der Waals surface area (Å²) in [5.41, 5.74) is 6.89. The molecule has 49 heavy (non-hydrogen) atoms. The quantitative estimate of drug-likeness (QED) is 0.201. The highest BCUT2D eigenvalue weighted by Crippen LogP contribution is 2.41. The van der Waals surface area contributed by atoms with Crippen molar-refractivity contribution in [2.45, 2.75) is 75.3 Å². The van der Waals surface area contributed by atoms with Crippen molar-refractivity contribution >= 4 is 23.2 Å². The van der Waals surface area contributed by atoms with Crippen LogP contribution in [0.2, 0.25) is 0 Å². The van der Waals surface area contributed by atoms with E-state index in [2.05, 4.69) is 70.4 Å². The number of nitrogens with zero attached hydrogens (tertiary/aromatic N) is 7. The third-order valence-electron chi connectivity index (χ3n) is 9.63. The maximum Gasteiger partial charge on any atom is 0.358 e. The number of pyridine rings is 2. The van der Waals surface area contributed by atoms with Gasteiger partial charge >= 0.3 is 11.9 Å². The smallest absolute Gasteiger partial charge is 0.358 e. The number of ether oxygens (including phenoxy) is 2. The molecule has 1 aliphatic heterocycles. The van der Waals surface area contributed by atoms with Crippen LogP contribution in [0.25, 0.3) is 11.3 Å². The van der Waals surface area contributed by atoms with Crippen molar-refractivity contribution in [1.29, 1.82) is 0 Å². The van der Waals surface area contributed by atoms with E-state index in [0.29, 0.717) is 41.7 Å². The molecule has 3 aliphatic rings. The predicted octanol–water partition coefficient (Wildman–Crippen LogP) is 5.12. The number of H-pyrrole nitrogens is 1. The number of carbonyl (C=O) groups is 2. The van der Waals surface area contributed by atoms with E-state index in [1.54, 1.807) is 6.20 Å². The lowest BCUT2D eigenvalue weighted by Crippen LogP contribution is -2.06. The van der Waals surface area contributed by atoms with Crippen molar-refractivity contribution in [2.75, 3.05) is 14.2 Å². The van der Waals surface area contributed by atoms with Crippen LogP contribution in [0.3, 0.4) is 0 Å². The van der Waals surface area contributed by atoms with Gasteiger partial charge in [0.2, 0.25) is 0 Å². The highest BCUT2D eigenvalue weighted by molar-refractivity contribution is 5.87. The molecule has 0 amide bonds. The minimum Gasteiger partial charge on any atom is -0.464 e. The number of carbonyl (C=O) groups excluding carboxylic acids is 2. The molecule has 13 nitrogen and oxygen atoms in total. The number of aromatic nitrogens is 8. The van der Waals surface area contributed by atoms with E-state index in [9.17, 15) is 14.7 Å². The first kappa shape index (κ1) is 31.0. The third-order valence-corrected chi connectivity index (χ3v) is 9.63. The van der Waals surface area contributed by atoms with E-state index in [-0.39, 0.29) is 12.0 Å². The number of esters is 2. The standard InChI is InChI=1S/C18H20N4O3.C18H18N4O2/c1-25-18(24)13-8-19-16(20-13)6-5-15(23)14-10-22-9-12(11-2-3-11)4-7-17(22)21-14;1-24-18(23)14-10-22-15(5-7-17(22)20-14)13-9-21-8-12(11-2-3-11)4-6-16(21)19-13/h4,7-11,15,23H,2-3,5-6H2,1H3,(H,19,20);4,6,8-11,15H,2-3,5,7H2,1H3. The largest absolute Gasteiger partial charge is 0.464 e. The first-order chi connectivity index (χ1) is 23.9. The van der Waals surface area contributed by atoms with Crippen molar-refractivity contribution in [3.8, 4) is 0 Å². The molecule has 0 spiro atoms. The molecule has 0 radical (unpaired) electrons. The van der Waals surface area contributed by atoms with Gasteiger partial charge in [-0.25, -0.2) is 29.5 Å². The van der Waals surface area contributed by atoms with Gasteiger partial charge in [0.15, 0.2) is 5.69 Å². The van der Waals surface area contributed by atoms with E-state index >= 15 is 0 Å². The van der Waals surface area contributed by atoms with Gasteiger partial charge in [-0.3, -0.25) is 0 Å². The van der Waals surface area contributed by atoms with Crippen LogP contribution in [-0.2, 0) is 22.3 Å². The fourth-order valence-corrected chi connectivity index (χ4v) is 6.60. The average Bonchev–Trinajstić information content (AvgIpc) is 3.86. The van der Waals surface area contributed by atoms with Crippen LogP contribution in [0.15, 0.2) is 61.4 Å². The Morgan fingerprint density at radius 1 is 0.857 bits per heavy atom. The Morgan fingerprint density at radius 2 is 1.53 bits per heavy atom. The maximum absolute atomic E-state index is 11.7. The summed E-state index contributed by atoms with van der Waals surface area (Å²) in [6, 6.07) is 8.54. The minimum atomic E-state index is -0.684. The summed E-state index contributed by atoms with van der Waals surface area (Å²) in [5.74, 6) is 2.14. The Kier molecular flexibility index (Phi) is 7.98. The van der Waals surface area contributed by atoms with Gasteiger partial charge in [0.25, 0.3) is 0 Å². The second-order valence-electron chi connectivity index (χ2n) is 13.1. The maximum atomic E-state index is 11.7. The molecule has 9 rings (SSSR count). The van der Waals surface area contributed by atoms with Crippen molar-refractivity contribution in [3.63, 3.8) is 0 Å². The number of aryl methyl sites for hydroxylation is 2. The molecule has 2 aliphatic carbocycles. The molecule has 2 fully saturated rings. The monoisotopic (exact) mass is 662 g/mol. The molecule has 6 aromatic rings. The summed E-state index contributed by atoms with van der Waals surface area (Å²) in [7, 11) is 2.70. The fraction of sp³-hybridized carbons (Fsp3) is 0.389. The Bertz CT molecular complexity index is 2170. The first-order valence-electron chi connectivity index (χ1n) is 16.8. The Morgan fingerprint density at radius 3 is 2.20 bits per heavy atom. The van der Waals surface area contributed by atoms with E-state index in [1.165, 1.54) is 57.2 Å². The minimum absolute atomic E-state index is 0.134. The van der Waals surface area contributed by atoms with Crippen LogP contribution in [-0.4, -0.2) is 69.6 Å². The number of rotatable bonds is 9. The molecular formula is C36H38N8O5. The molecular weight excluding hydrogens is 624 g/mol. The number of aliphatic hydroxyl groups excluding tert-OH is 1. The number of imidazole rings is 4. The number of hydrogen-bond donors (Lipinski definition) is 2. The highest BCUT2D eigenvalue weighted by Gasteiger charge is 2.30. The highest BCUT2D eigenvalue weighted by atomic mass is 16.5. The van der Waals surface area contributed by atoms with E-state index in [1.807, 2.05) is 16.7 Å². The van der Waals surface area contributed by atoms with Gasteiger partial charge < -0.3 is 32.9 Å². The summed E-state index contributed by atoms with van der Waals surface area (Å²) in [5, 5.41) is 10.4. The van der Waals surface area contributed by atoms with Gasteiger partial charge in [0, 0.05) is 43.8 Å². The molecule has 6 aromatic heterocycles. The lowest BCUT2D eigenvalue weighted by molar-refractivity contribution is 0.0585. The van der Waals surface area contributed by atoms with Crippen LogP contribution >= 0.6 is 0 Å². The van der Waals surface area contributed by atoms with Gasteiger partial charge in [-0.15, -0.1) is 0 Å². The summed E-state index contributed by atoms with van der Waals surface area (Å²) >= 11 is 0. The average molecular weight is 663 g/mol. The Labute approximate surface area is 282 Å². The molecule has 13 heteroatoms. The number of methoxy groups -OCH3 is 2. The molecule has 252 valence electrons. The molecule has 2 unspecified atom stereocenters. The van der Waals surface area contributed by atoms with Crippen LogP contribution in [0.5, 0.6) is 0 Å². The predicted molar refractivity (Wildman–Crippen MR) is 178 cm³/mol. The van der Waals surface area contributed by atoms with Crippen molar-refractivity contribution < 1.29 is 24.2 Å². The zero-order valence-corrected chi connectivity index (χ0v) is 27.5. The Hall–Kier alpha value is -5.30. The molecule has 0 aromatic carbocycles. The number of fused-ring (bicyclic) bond motifs is 3. The van der Waals surface area contributed by atoms with Crippen LogP contribution in [0.4, 0.5) is 0 Å². The normalized spacial score (nSPS) is 17.5. The zero-order valence-electron chi connectivity index (χ0n) is 27.5. The van der Waals surface area contributed by atoms with Crippen molar-refractivity contribution in [2.24, 2.45) is 0 Å². The van der Waals surface area contributed by atoms with Gasteiger partial charge in [-0.1, -0.05) is 12.1 Å². The van der Waals surface area contributed by atoms with Crippen molar-refractivity contribution in [3.05, 3.63) is 107 Å². The first-order valence-corrected chi connectivity index (χ1v) is 16.8.